The van der Waals surface area contributed by atoms with Crippen molar-refractivity contribution in [2.75, 3.05) is 56.3 Å². The van der Waals surface area contributed by atoms with Gasteiger partial charge in [-0.05, 0) is 43.0 Å². The Balaban J connectivity index is 1.50. The fourth-order valence-corrected chi connectivity index (χ4v) is 2.84. The highest BCUT2D eigenvalue weighted by Gasteiger charge is 2.14. The normalized spacial score (nSPS) is 23.6. The second-order valence-corrected chi connectivity index (χ2v) is 5.61. The molecule has 0 amide bonds. The van der Waals surface area contributed by atoms with Crippen LogP contribution in [0.2, 0.25) is 0 Å². The van der Waals surface area contributed by atoms with Gasteiger partial charge in [0.05, 0.1) is 19.8 Å². The van der Waals surface area contributed by atoms with Crippen LogP contribution in [0, 0.1) is 5.92 Å². The molecular weight excluding hydrogens is 252 g/mol. The lowest BCUT2D eigenvalue weighted by atomic mass is 10.0. The van der Waals surface area contributed by atoms with Gasteiger partial charge in [0.15, 0.2) is 0 Å². The van der Waals surface area contributed by atoms with Gasteiger partial charge < -0.3 is 19.7 Å². The average Bonchev–Trinajstić information content (AvgIpc) is 2.55. The van der Waals surface area contributed by atoms with Gasteiger partial charge in [0.2, 0.25) is 0 Å². The summed E-state index contributed by atoms with van der Waals surface area (Å²) in [5.41, 5.74) is 2.49. The maximum atomic E-state index is 5.51. The highest BCUT2D eigenvalue weighted by atomic mass is 16.5. The molecule has 1 atom stereocenters. The standard InChI is InChI=1S/C16H24N2O2/c1-2-14(13-20-9-1)12-17-15-3-5-16(6-4-15)18-7-10-19-11-8-18/h3-6,14,17H,1-2,7-13H2. The lowest BCUT2D eigenvalue weighted by Crippen LogP contribution is -2.36. The molecule has 1 N–H and O–H groups in total. The number of anilines is 2. The lowest BCUT2D eigenvalue weighted by molar-refractivity contribution is 0.0595. The molecule has 0 saturated carbocycles. The van der Waals surface area contributed by atoms with Crippen LogP contribution >= 0.6 is 0 Å². The Morgan fingerprint density at radius 1 is 1.05 bits per heavy atom. The van der Waals surface area contributed by atoms with Gasteiger partial charge in [-0.15, -0.1) is 0 Å². The quantitative estimate of drug-likeness (QED) is 0.915. The second kappa shape index (κ2) is 6.95. The molecule has 0 aromatic heterocycles. The third kappa shape index (κ3) is 3.64. The van der Waals surface area contributed by atoms with Crippen LogP contribution in [0.1, 0.15) is 12.8 Å². The van der Waals surface area contributed by atoms with Crippen LogP contribution in [0.15, 0.2) is 24.3 Å². The van der Waals surface area contributed by atoms with Crippen molar-refractivity contribution in [3.8, 4) is 0 Å². The Kier molecular flexibility index (Phi) is 4.77. The van der Waals surface area contributed by atoms with Crippen LogP contribution in [-0.2, 0) is 9.47 Å². The van der Waals surface area contributed by atoms with E-state index in [4.69, 9.17) is 9.47 Å². The van der Waals surface area contributed by atoms with Gasteiger partial charge in [-0.2, -0.15) is 0 Å². The molecule has 1 unspecified atom stereocenters. The minimum Gasteiger partial charge on any atom is -0.385 e. The molecule has 4 heteroatoms. The second-order valence-electron chi connectivity index (χ2n) is 5.61. The van der Waals surface area contributed by atoms with E-state index in [-0.39, 0.29) is 0 Å². The molecule has 2 fully saturated rings. The molecule has 3 rings (SSSR count). The molecule has 0 aliphatic carbocycles. The largest absolute Gasteiger partial charge is 0.385 e. The Morgan fingerprint density at radius 3 is 2.55 bits per heavy atom. The van der Waals surface area contributed by atoms with Gasteiger partial charge >= 0.3 is 0 Å². The summed E-state index contributed by atoms with van der Waals surface area (Å²) in [5.74, 6) is 0.655. The molecule has 20 heavy (non-hydrogen) atoms. The number of hydrogen-bond acceptors (Lipinski definition) is 4. The first-order chi connectivity index (χ1) is 9.92. The van der Waals surface area contributed by atoms with Gasteiger partial charge in [0.25, 0.3) is 0 Å². The van der Waals surface area contributed by atoms with Crippen molar-refractivity contribution < 1.29 is 9.47 Å². The van der Waals surface area contributed by atoms with Crippen molar-refractivity contribution in [3.63, 3.8) is 0 Å². The Morgan fingerprint density at radius 2 is 1.85 bits per heavy atom. The number of benzene rings is 1. The number of rotatable bonds is 4. The molecule has 1 aromatic carbocycles. The smallest absolute Gasteiger partial charge is 0.0642 e. The summed E-state index contributed by atoms with van der Waals surface area (Å²) in [6, 6.07) is 8.75. The van der Waals surface area contributed by atoms with E-state index < -0.39 is 0 Å². The van der Waals surface area contributed by atoms with Crippen molar-refractivity contribution in [1.82, 2.24) is 0 Å². The molecular formula is C16H24N2O2. The van der Waals surface area contributed by atoms with Gasteiger partial charge in [-0.1, -0.05) is 0 Å². The summed E-state index contributed by atoms with van der Waals surface area (Å²) in [7, 11) is 0. The fraction of sp³-hybridized carbons (Fsp3) is 0.625. The van der Waals surface area contributed by atoms with Gasteiger partial charge in [-0.3, -0.25) is 0 Å². The van der Waals surface area contributed by atoms with E-state index in [2.05, 4.69) is 34.5 Å². The third-order valence-electron chi connectivity index (χ3n) is 4.09. The number of ether oxygens (including phenoxy) is 2. The van der Waals surface area contributed by atoms with E-state index in [1.165, 1.54) is 24.2 Å². The first-order valence-electron chi connectivity index (χ1n) is 7.66. The van der Waals surface area contributed by atoms with E-state index in [1.807, 2.05) is 0 Å². The van der Waals surface area contributed by atoms with Gasteiger partial charge in [-0.25, -0.2) is 0 Å². The average molecular weight is 276 g/mol. The highest BCUT2D eigenvalue weighted by molar-refractivity contribution is 5.55. The lowest BCUT2D eigenvalue weighted by Gasteiger charge is -2.29. The van der Waals surface area contributed by atoms with Crippen molar-refractivity contribution in [3.05, 3.63) is 24.3 Å². The predicted molar refractivity (Wildman–Crippen MR) is 81.5 cm³/mol. The number of hydrogen-bond donors (Lipinski definition) is 1. The molecule has 1 aromatic rings. The predicted octanol–water partition coefficient (Wildman–Crippen LogP) is 2.36. The molecule has 2 aliphatic rings. The topological polar surface area (TPSA) is 33.7 Å². The van der Waals surface area contributed by atoms with E-state index in [1.54, 1.807) is 0 Å². The summed E-state index contributed by atoms with van der Waals surface area (Å²) < 4.78 is 10.9. The van der Waals surface area contributed by atoms with Crippen molar-refractivity contribution in [2.45, 2.75) is 12.8 Å². The Labute approximate surface area is 121 Å². The molecule has 4 nitrogen and oxygen atoms in total. The van der Waals surface area contributed by atoms with Crippen molar-refractivity contribution in [2.24, 2.45) is 5.92 Å². The number of nitrogens with one attached hydrogen (secondary N) is 1. The summed E-state index contributed by atoms with van der Waals surface area (Å²) in [6.45, 7) is 6.50. The van der Waals surface area contributed by atoms with Crippen LogP contribution in [0.25, 0.3) is 0 Å². The Hall–Kier alpha value is -1.26. The third-order valence-corrected chi connectivity index (χ3v) is 4.09. The van der Waals surface area contributed by atoms with Crippen LogP contribution < -0.4 is 10.2 Å². The number of nitrogens with zero attached hydrogens (tertiary/aromatic N) is 1. The molecule has 2 heterocycles. The maximum absolute atomic E-state index is 5.51. The van der Waals surface area contributed by atoms with E-state index in [0.29, 0.717) is 5.92 Å². The molecule has 0 radical (unpaired) electrons. The molecule has 2 saturated heterocycles. The number of morpholine rings is 1. The first kappa shape index (κ1) is 13.7. The van der Waals surface area contributed by atoms with Crippen molar-refractivity contribution >= 4 is 11.4 Å². The first-order valence-corrected chi connectivity index (χ1v) is 7.66. The maximum Gasteiger partial charge on any atom is 0.0642 e. The minimum atomic E-state index is 0.655. The highest BCUT2D eigenvalue weighted by Crippen LogP contribution is 2.20. The van der Waals surface area contributed by atoms with Crippen LogP contribution in [0.4, 0.5) is 11.4 Å². The summed E-state index contributed by atoms with van der Waals surface area (Å²) >= 11 is 0. The minimum absolute atomic E-state index is 0.655. The van der Waals surface area contributed by atoms with Gasteiger partial charge in [0, 0.05) is 37.6 Å². The summed E-state index contributed by atoms with van der Waals surface area (Å²) in [5, 5.41) is 3.52. The van der Waals surface area contributed by atoms with E-state index in [0.717, 1.165) is 46.1 Å². The fourth-order valence-electron chi connectivity index (χ4n) is 2.84. The molecule has 2 aliphatic heterocycles. The van der Waals surface area contributed by atoms with E-state index in [9.17, 15) is 0 Å². The van der Waals surface area contributed by atoms with E-state index >= 15 is 0 Å². The zero-order chi connectivity index (χ0) is 13.6. The monoisotopic (exact) mass is 276 g/mol. The zero-order valence-corrected chi connectivity index (χ0v) is 12.0. The summed E-state index contributed by atoms with van der Waals surface area (Å²) in [6.07, 6.45) is 2.47. The van der Waals surface area contributed by atoms with Crippen LogP contribution in [0.5, 0.6) is 0 Å². The van der Waals surface area contributed by atoms with Crippen LogP contribution in [-0.4, -0.2) is 46.1 Å². The Bertz CT molecular complexity index is 395. The molecule has 0 spiro atoms. The van der Waals surface area contributed by atoms with Crippen molar-refractivity contribution in [1.29, 1.82) is 0 Å². The van der Waals surface area contributed by atoms with Gasteiger partial charge in [0.1, 0.15) is 0 Å². The zero-order valence-electron chi connectivity index (χ0n) is 12.0. The molecule has 110 valence electrons. The molecule has 0 bridgehead atoms. The summed E-state index contributed by atoms with van der Waals surface area (Å²) in [4.78, 5) is 2.38. The SMILES string of the molecule is c1cc(N2CCOCC2)ccc1NCC1CCCOC1. The van der Waals surface area contributed by atoms with Crippen LogP contribution in [0.3, 0.4) is 0 Å².